The van der Waals surface area contributed by atoms with Gasteiger partial charge in [-0.3, -0.25) is 9.78 Å². The van der Waals surface area contributed by atoms with Crippen LogP contribution in [-0.4, -0.2) is 22.4 Å². The summed E-state index contributed by atoms with van der Waals surface area (Å²) >= 11 is 1.52. The number of carbonyl (C=O) groups is 1. The van der Waals surface area contributed by atoms with E-state index in [1.165, 1.54) is 11.3 Å². The maximum absolute atomic E-state index is 12.4. The van der Waals surface area contributed by atoms with Crippen LogP contribution in [0, 0.1) is 0 Å². The van der Waals surface area contributed by atoms with E-state index in [1.807, 2.05) is 78.2 Å². The second-order valence-electron chi connectivity index (χ2n) is 6.85. The van der Waals surface area contributed by atoms with Crippen molar-refractivity contribution in [3.05, 3.63) is 101 Å². The number of nitrogens with zero attached hydrogens (tertiary/aromatic N) is 2. The first kappa shape index (κ1) is 19.8. The summed E-state index contributed by atoms with van der Waals surface area (Å²) in [5, 5.41) is 5.36. The molecule has 0 aliphatic carbocycles. The van der Waals surface area contributed by atoms with E-state index in [4.69, 9.17) is 10.7 Å². The molecule has 1 atom stereocenters. The lowest BCUT2D eigenvalue weighted by molar-refractivity contribution is -0.118. The van der Waals surface area contributed by atoms with Gasteiger partial charge in [0.1, 0.15) is 11.7 Å². The Kier molecular flexibility index (Phi) is 6.15. The lowest BCUT2D eigenvalue weighted by Crippen LogP contribution is -2.23. The molecule has 1 aromatic carbocycles. The highest BCUT2D eigenvalue weighted by molar-refractivity contribution is 7.10. The largest absolute Gasteiger partial charge is 0.369 e. The van der Waals surface area contributed by atoms with Crippen molar-refractivity contribution in [3.8, 4) is 11.3 Å². The molecule has 1 unspecified atom stereocenters. The molecule has 0 aliphatic rings. The van der Waals surface area contributed by atoms with Crippen LogP contribution in [0.25, 0.3) is 11.3 Å². The number of aromatic nitrogens is 2. The van der Waals surface area contributed by atoms with Gasteiger partial charge in [0.05, 0.1) is 5.69 Å². The van der Waals surface area contributed by atoms with Gasteiger partial charge in [0, 0.05) is 40.9 Å². The van der Waals surface area contributed by atoms with E-state index >= 15 is 0 Å². The van der Waals surface area contributed by atoms with Crippen molar-refractivity contribution in [1.82, 2.24) is 9.97 Å². The van der Waals surface area contributed by atoms with E-state index in [-0.39, 0.29) is 5.91 Å². The molecule has 0 spiro atoms. The van der Waals surface area contributed by atoms with Gasteiger partial charge in [-0.1, -0.05) is 48.5 Å². The summed E-state index contributed by atoms with van der Waals surface area (Å²) in [6.07, 6.45) is 2.53. The van der Waals surface area contributed by atoms with Crippen molar-refractivity contribution in [2.45, 2.75) is 12.3 Å². The van der Waals surface area contributed by atoms with Gasteiger partial charge >= 0.3 is 0 Å². The van der Waals surface area contributed by atoms with Crippen LogP contribution in [0.1, 0.15) is 22.1 Å². The van der Waals surface area contributed by atoms with Crippen LogP contribution in [0.5, 0.6) is 0 Å². The van der Waals surface area contributed by atoms with E-state index in [0.29, 0.717) is 12.4 Å². The summed E-state index contributed by atoms with van der Waals surface area (Å²) in [5.74, 6) is -0.261. The molecule has 6 heteroatoms. The minimum atomic E-state index is -0.542. The second-order valence-corrected chi connectivity index (χ2v) is 7.83. The number of benzene rings is 1. The molecule has 0 radical (unpaired) electrons. The standard InChI is InChI=1S/C24H22N4OS/c25-23(29)22(21-10-6-16-30-21)19-11-12-20(17-7-2-1-3-8-17)28-24(19)27-15-13-18-9-4-5-14-26-18/h1-12,14,16,22H,13,15H2,(H2,25,29)(H,27,28). The van der Waals surface area contributed by atoms with Crippen LogP contribution in [-0.2, 0) is 11.2 Å². The number of nitrogens with two attached hydrogens (primary N) is 1. The number of anilines is 1. The number of thiophene rings is 1. The van der Waals surface area contributed by atoms with Crippen molar-refractivity contribution < 1.29 is 4.79 Å². The first-order chi connectivity index (χ1) is 14.7. The molecule has 4 rings (SSSR count). The topological polar surface area (TPSA) is 80.9 Å². The van der Waals surface area contributed by atoms with Gasteiger partial charge in [0.25, 0.3) is 0 Å². The zero-order valence-electron chi connectivity index (χ0n) is 16.4. The predicted molar refractivity (Wildman–Crippen MR) is 121 cm³/mol. The van der Waals surface area contributed by atoms with Crippen LogP contribution >= 0.6 is 11.3 Å². The maximum atomic E-state index is 12.4. The van der Waals surface area contributed by atoms with Gasteiger partial charge in [-0.05, 0) is 29.6 Å². The number of pyridine rings is 2. The van der Waals surface area contributed by atoms with Crippen LogP contribution in [0.3, 0.4) is 0 Å². The molecular weight excluding hydrogens is 392 g/mol. The zero-order valence-corrected chi connectivity index (χ0v) is 17.2. The van der Waals surface area contributed by atoms with E-state index in [9.17, 15) is 4.79 Å². The monoisotopic (exact) mass is 414 g/mol. The first-order valence-corrected chi connectivity index (χ1v) is 10.6. The first-order valence-electron chi connectivity index (χ1n) is 9.75. The lowest BCUT2D eigenvalue weighted by atomic mass is 9.96. The number of amides is 1. The Hall–Kier alpha value is -3.51. The Morgan fingerprint density at radius 3 is 2.53 bits per heavy atom. The zero-order chi connectivity index (χ0) is 20.8. The van der Waals surface area contributed by atoms with Crippen LogP contribution in [0.15, 0.2) is 84.4 Å². The van der Waals surface area contributed by atoms with Gasteiger partial charge in [-0.25, -0.2) is 4.98 Å². The summed E-state index contributed by atoms with van der Waals surface area (Å²) in [7, 11) is 0. The van der Waals surface area contributed by atoms with E-state index in [1.54, 1.807) is 6.20 Å². The molecule has 0 aliphatic heterocycles. The summed E-state index contributed by atoms with van der Waals surface area (Å²) < 4.78 is 0. The molecule has 5 nitrogen and oxygen atoms in total. The highest BCUT2D eigenvalue weighted by Gasteiger charge is 2.25. The van der Waals surface area contributed by atoms with Crippen molar-refractivity contribution in [1.29, 1.82) is 0 Å². The smallest absolute Gasteiger partial charge is 0.230 e. The highest BCUT2D eigenvalue weighted by Crippen LogP contribution is 2.33. The Morgan fingerprint density at radius 1 is 1.00 bits per heavy atom. The van der Waals surface area contributed by atoms with E-state index in [0.717, 1.165) is 33.8 Å². The van der Waals surface area contributed by atoms with E-state index < -0.39 is 5.92 Å². The van der Waals surface area contributed by atoms with Crippen molar-refractivity contribution in [3.63, 3.8) is 0 Å². The maximum Gasteiger partial charge on any atom is 0.230 e. The molecule has 3 N–H and O–H groups in total. The summed E-state index contributed by atoms with van der Waals surface area (Å²) in [5.41, 5.74) is 9.44. The third-order valence-electron chi connectivity index (χ3n) is 4.82. The number of nitrogens with one attached hydrogen (secondary N) is 1. The Morgan fingerprint density at radius 2 is 1.83 bits per heavy atom. The predicted octanol–water partition coefficient (Wildman–Crippen LogP) is 4.48. The van der Waals surface area contributed by atoms with Crippen LogP contribution < -0.4 is 11.1 Å². The molecule has 150 valence electrons. The number of rotatable bonds is 8. The number of hydrogen-bond donors (Lipinski definition) is 2. The van der Waals surface area contributed by atoms with Crippen molar-refractivity contribution in [2.24, 2.45) is 5.73 Å². The second kappa shape index (κ2) is 9.33. The Labute approximate surface area is 179 Å². The summed E-state index contributed by atoms with van der Waals surface area (Å²) in [6, 6.07) is 23.6. The lowest BCUT2D eigenvalue weighted by Gasteiger charge is -2.18. The number of carbonyl (C=O) groups excluding carboxylic acids is 1. The minimum Gasteiger partial charge on any atom is -0.369 e. The molecule has 3 aromatic heterocycles. The van der Waals surface area contributed by atoms with E-state index in [2.05, 4.69) is 10.3 Å². The minimum absolute atomic E-state index is 0.389. The van der Waals surface area contributed by atoms with Crippen molar-refractivity contribution in [2.75, 3.05) is 11.9 Å². The highest BCUT2D eigenvalue weighted by atomic mass is 32.1. The molecule has 3 heterocycles. The SMILES string of the molecule is NC(=O)C(c1cccs1)c1ccc(-c2ccccc2)nc1NCCc1ccccn1. The number of primary amides is 1. The Bertz CT molecular complexity index is 1100. The fourth-order valence-corrected chi connectivity index (χ4v) is 4.22. The molecule has 4 aromatic rings. The molecule has 1 amide bonds. The molecule has 0 saturated carbocycles. The summed E-state index contributed by atoms with van der Waals surface area (Å²) in [6.45, 7) is 0.644. The number of hydrogen-bond acceptors (Lipinski definition) is 5. The normalized spacial score (nSPS) is 11.7. The van der Waals surface area contributed by atoms with Crippen molar-refractivity contribution >= 4 is 23.1 Å². The average molecular weight is 415 g/mol. The van der Waals surface area contributed by atoms with Gasteiger partial charge in [0.2, 0.25) is 5.91 Å². The third kappa shape index (κ3) is 4.55. The van der Waals surface area contributed by atoms with Gasteiger partial charge in [-0.2, -0.15) is 0 Å². The molecule has 0 saturated heterocycles. The third-order valence-corrected chi connectivity index (χ3v) is 5.76. The molecule has 30 heavy (non-hydrogen) atoms. The molecular formula is C24H22N4OS. The summed E-state index contributed by atoms with van der Waals surface area (Å²) in [4.78, 5) is 22.5. The van der Waals surface area contributed by atoms with Gasteiger partial charge < -0.3 is 11.1 Å². The molecule has 0 bridgehead atoms. The fraction of sp³-hybridized carbons (Fsp3) is 0.125. The Balaban J connectivity index is 1.68. The average Bonchev–Trinajstić information content (AvgIpc) is 3.30. The molecule has 0 fully saturated rings. The van der Waals surface area contributed by atoms with Crippen LogP contribution in [0.4, 0.5) is 5.82 Å². The fourth-order valence-electron chi connectivity index (χ4n) is 3.37. The quantitative estimate of drug-likeness (QED) is 0.446. The van der Waals surface area contributed by atoms with Gasteiger partial charge in [-0.15, -0.1) is 11.3 Å². The van der Waals surface area contributed by atoms with Gasteiger partial charge in [0.15, 0.2) is 0 Å². The van der Waals surface area contributed by atoms with Crippen LogP contribution in [0.2, 0.25) is 0 Å².